The Labute approximate surface area is 215 Å². The molecule has 0 radical (unpaired) electrons. The zero-order valence-corrected chi connectivity index (χ0v) is 20.8. The standard InChI is InChI=1S/C30H29N5O2/c1-20-9-8-18-35(20,29(36)17-16-28-32-25-14-6-7-15-26(25)33-28)30(37)34-24-13-5-3-11-22(24)27-19-21-10-2-4-12-23(21)31-27/h2-7,10-15,19-20,31H,8-9,16-18H2,1H3,(H-,32,33,34,37)/p+1/t20-,35?/m1/s1. The molecule has 2 aromatic heterocycles. The first-order valence-corrected chi connectivity index (χ1v) is 12.9. The maximum atomic E-state index is 13.9. The molecule has 5 aromatic rings. The van der Waals surface area contributed by atoms with Gasteiger partial charge in [0.2, 0.25) is 0 Å². The van der Waals surface area contributed by atoms with Crippen LogP contribution in [-0.4, -0.2) is 44.0 Å². The van der Waals surface area contributed by atoms with Crippen molar-refractivity contribution in [3.63, 3.8) is 0 Å². The molecule has 1 unspecified atom stereocenters. The van der Waals surface area contributed by atoms with Gasteiger partial charge < -0.3 is 9.97 Å². The Morgan fingerprint density at radius 1 is 0.973 bits per heavy atom. The Hall–Kier alpha value is -4.23. The number of aryl methyl sites for hydroxylation is 1. The fraction of sp³-hybridized carbons (Fsp3) is 0.233. The Balaban J connectivity index is 1.26. The number of aromatic nitrogens is 3. The molecule has 1 aliphatic rings. The monoisotopic (exact) mass is 492 g/mol. The third-order valence-corrected chi connectivity index (χ3v) is 7.70. The Morgan fingerprint density at radius 3 is 2.51 bits per heavy atom. The van der Waals surface area contributed by atoms with Crippen molar-refractivity contribution >= 4 is 39.6 Å². The van der Waals surface area contributed by atoms with Gasteiger partial charge in [-0.05, 0) is 37.3 Å². The summed E-state index contributed by atoms with van der Waals surface area (Å²) in [5.74, 6) is 0.704. The minimum Gasteiger partial charge on any atom is -0.354 e. The molecule has 3 heterocycles. The third kappa shape index (κ3) is 4.11. The molecule has 7 nitrogen and oxygen atoms in total. The van der Waals surface area contributed by atoms with Crippen LogP contribution in [0.3, 0.4) is 0 Å². The molecule has 186 valence electrons. The van der Waals surface area contributed by atoms with Gasteiger partial charge in [0.05, 0.1) is 29.7 Å². The number of quaternary nitrogens is 1. The summed E-state index contributed by atoms with van der Waals surface area (Å²) in [4.78, 5) is 39.0. The van der Waals surface area contributed by atoms with E-state index in [0.29, 0.717) is 18.7 Å². The molecule has 0 bridgehead atoms. The van der Waals surface area contributed by atoms with Crippen molar-refractivity contribution in [2.24, 2.45) is 0 Å². The molecule has 1 saturated heterocycles. The zero-order valence-electron chi connectivity index (χ0n) is 20.8. The predicted molar refractivity (Wildman–Crippen MR) is 146 cm³/mol. The second kappa shape index (κ2) is 9.33. The summed E-state index contributed by atoms with van der Waals surface area (Å²) in [5.41, 5.74) is 5.39. The second-order valence-electron chi connectivity index (χ2n) is 9.92. The minimum absolute atomic E-state index is 0.0638. The van der Waals surface area contributed by atoms with Gasteiger partial charge in [-0.2, -0.15) is 4.48 Å². The van der Waals surface area contributed by atoms with Crippen LogP contribution in [0.15, 0.2) is 78.9 Å². The highest BCUT2D eigenvalue weighted by Crippen LogP contribution is 2.34. The van der Waals surface area contributed by atoms with Crippen LogP contribution in [0, 0.1) is 0 Å². The largest absolute Gasteiger partial charge is 0.428 e. The molecule has 3 N–H and O–H groups in total. The lowest BCUT2D eigenvalue weighted by Gasteiger charge is -2.33. The van der Waals surface area contributed by atoms with Gasteiger partial charge >= 0.3 is 11.9 Å². The average Bonchev–Trinajstić information content (AvgIpc) is 3.63. The van der Waals surface area contributed by atoms with Gasteiger partial charge in [0.15, 0.2) is 0 Å². The number of para-hydroxylation sites is 4. The van der Waals surface area contributed by atoms with Gasteiger partial charge in [0, 0.05) is 41.4 Å². The number of aromatic amines is 2. The molecule has 0 aliphatic carbocycles. The lowest BCUT2D eigenvalue weighted by Crippen LogP contribution is -2.60. The van der Waals surface area contributed by atoms with Crippen LogP contribution in [0.25, 0.3) is 33.2 Å². The van der Waals surface area contributed by atoms with E-state index >= 15 is 0 Å². The highest BCUT2D eigenvalue weighted by Gasteiger charge is 2.52. The number of nitrogens with one attached hydrogen (secondary N) is 3. The number of urea groups is 1. The lowest BCUT2D eigenvalue weighted by molar-refractivity contribution is -0.782. The normalized spacial score (nSPS) is 19.4. The average molecular weight is 493 g/mol. The Kier molecular flexibility index (Phi) is 5.85. The van der Waals surface area contributed by atoms with Crippen LogP contribution in [-0.2, 0) is 11.2 Å². The summed E-state index contributed by atoms with van der Waals surface area (Å²) in [7, 11) is 0. The fourth-order valence-corrected chi connectivity index (χ4v) is 5.67. The van der Waals surface area contributed by atoms with Gasteiger partial charge in [-0.15, -0.1) is 0 Å². The minimum atomic E-state index is -0.261. The number of rotatable bonds is 5. The molecule has 37 heavy (non-hydrogen) atoms. The van der Waals surface area contributed by atoms with E-state index in [-0.39, 0.29) is 28.9 Å². The van der Waals surface area contributed by atoms with Gasteiger partial charge in [-0.1, -0.05) is 48.5 Å². The number of anilines is 1. The molecule has 0 spiro atoms. The third-order valence-electron chi connectivity index (χ3n) is 7.70. The lowest BCUT2D eigenvalue weighted by atomic mass is 10.1. The number of hydrogen-bond donors (Lipinski definition) is 3. The first-order valence-electron chi connectivity index (χ1n) is 12.9. The summed E-state index contributed by atoms with van der Waals surface area (Å²) in [6.07, 6.45) is 2.41. The molecule has 0 saturated carbocycles. The van der Waals surface area contributed by atoms with Crippen molar-refractivity contribution < 1.29 is 14.1 Å². The van der Waals surface area contributed by atoms with Gasteiger partial charge in [0.1, 0.15) is 11.9 Å². The second-order valence-corrected chi connectivity index (χ2v) is 9.92. The number of imidazole rings is 1. The van der Waals surface area contributed by atoms with Crippen LogP contribution in [0.2, 0.25) is 0 Å². The number of hydrogen-bond acceptors (Lipinski definition) is 3. The Morgan fingerprint density at radius 2 is 1.73 bits per heavy atom. The maximum absolute atomic E-state index is 13.9. The van der Waals surface area contributed by atoms with Gasteiger partial charge in [-0.3, -0.25) is 5.32 Å². The summed E-state index contributed by atoms with van der Waals surface area (Å²) in [5, 5.41) is 4.24. The number of benzene rings is 3. The van der Waals surface area contributed by atoms with E-state index in [2.05, 4.69) is 32.4 Å². The SMILES string of the molecule is C[C@@H]1CCC[N+]1(C(=O)CCc1nc2ccccc2[nH]1)C(=O)Nc1ccccc1-c1cc2ccccc2[nH]1. The number of amides is 3. The van der Waals surface area contributed by atoms with Crippen LogP contribution in [0.5, 0.6) is 0 Å². The van der Waals surface area contributed by atoms with Crippen LogP contribution < -0.4 is 5.32 Å². The van der Waals surface area contributed by atoms with E-state index in [1.807, 2.05) is 73.7 Å². The van der Waals surface area contributed by atoms with Crippen molar-refractivity contribution in [3.05, 3.63) is 84.7 Å². The summed E-state index contributed by atoms with van der Waals surface area (Å²) in [6, 6.07) is 25.4. The molecule has 1 fully saturated rings. The van der Waals surface area contributed by atoms with Crippen molar-refractivity contribution in [3.8, 4) is 11.3 Å². The number of nitrogens with zero attached hydrogens (tertiary/aromatic N) is 2. The molecule has 1 aliphatic heterocycles. The van der Waals surface area contributed by atoms with Crippen LogP contribution >= 0.6 is 0 Å². The molecule has 3 aromatic carbocycles. The summed E-state index contributed by atoms with van der Waals surface area (Å²) in [6.45, 7) is 2.52. The predicted octanol–water partition coefficient (Wildman–Crippen LogP) is 6.40. The molecular formula is C30H30N5O2+. The summed E-state index contributed by atoms with van der Waals surface area (Å²) >= 11 is 0. The number of fused-ring (bicyclic) bond motifs is 2. The van der Waals surface area contributed by atoms with E-state index in [9.17, 15) is 9.59 Å². The van der Waals surface area contributed by atoms with Crippen LogP contribution in [0.4, 0.5) is 10.5 Å². The zero-order chi connectivity index (χ0) is 25.4. The molecule has 3 amide bonds. The molecule has 2 atom stereocenters. The van der Waals surface area contributed by atoms with Crippen molar-refractivity contribution in [1.82, 2.24) is 15.0 Å². The van der Waals surface area contributed by atoms with E-state index in [1.54, 1.807) is 0 Å². The topological polar surface area (TPSA) is 90.6 Å². The van der Waals surface area contributed by atoms with Gasteiger partial charge in [0.25, 0.3) is 0 Å². The highest BCUT2D eigenvalue weighted by molar-refractivity contribution is 5.97. The van der Waals surface area contributed by atoms with E-state index in [4.69, 9.17) is 0 Å². The van der Waals surface area contributed by atoms with E-state index in [0.717, 1.165) is 51.9 Å². The number of carbonyl (C=O) groups is 2. The fourth-order valence-electron chi connectivity index (χ4n) is 5.67. The highest BCUT2D eigenvalue weighted by atomic mass is 16.2. The quantitative estimate of drug-likeness (QED) is 0.248. The number of carbonyl (C=O) groups excluding carboxylic acids is 2. The first-order chi connectivity index (χ1) is 18.0. The smallest absolute Gasteiger partial charge is 0.354 e. The number of imide groups is 1. The molecule has 7 heteroatoms. The van der Waals surface area contributed by atoms with Crippen molar-refractivity contribution in [2.75, 3.05) is 11.9 Å². The van der Waals surface area contributed by atoms with Gasteiger partial charge in [-0.25, -0.2) is 14.6 Å². The van der Waals surface area contributed by atoms with E-state index in [1.165, 1.54) is 0 Å². The van der Waals surface area contributed by atoms with E-state index < -0.39 is 0 Å². The summed E-state index contributed by atoms with van der Waals surface area (Å²) < 4.78 is -0.179. The molecular weight excluding hydrogens is 462 g/mol. The number of likely N-dealkylation sites (tertiary alicyclic amines) is 1. The first kappa shape index (κ1) is 23.2. The van der Waals surface area contributed by atoms with Crippen molar-refractivity contribution in [2.45, 2.75) is 38.6 Å². The Bertz CT molecular complexity index is 1550. The van der Waals surface area contributed by atoms with Crippen LogP contribution in [0.1, 0.15) is 32.0 Å². The van der Waals surface area contributed by atoms with Crippen molar-refractivity contribution in [1.29, 1.82) is 0 Å². The maximum Gasteiger partial charge on any atom is 0.428 e. The number of H-pyrrole nitrogens is 2. The molecule has 6 rings (SSSR count).